The molecule has 8 nitrogen and oxygen atoms in total. The summed E-state index contributed by atoms with van der Waals surface area (Å²) in [6.45, 7) is 2.05. The molecule has 1 amide bonds. The average molecular weight is 354 g/mol. The number of fused-ring (bicyclic) bond motifs is 1. The maximum Gasteiger partial charge on any atom is 0.257 e. The monoisotopic (exact) mass is 354 g/mol. The molecule has 2 aromatic heterocycles. The van der Waals surface area contributed by atoms with Crippen LogP contribution < -0.4 is 15.4 Å². The number of nitrogens with zero attached hydrogens (tertiary/aromatic N) is 4. The van der Waals surface area contributed by atoms with E-state index in [-0.39, 0.29) is 18.6 Å². The Morgan fingerprint density at radius 1 is 1.31 bits per heavy atom. The Bertz CT molecular complexity index is 908. The number of ether oxygens (including phenoxy) is 1. The molecule has 1 unspecified atom stereocenters. The van der Waals surface area contributed by atoms with Gasteiger partial charge in [-0.25, -0.2) is 9.97 Å². The number of aryl methyl sites for hydroxylation is 1. The van der Waals surface area contributed by atoms with Gasteiger partial charge in [0, 0.05) is 25.9 Å². The first kappa shape index (κ1) is 17.7. The smallest absolute Gasteiger partial charge is 0.257 e. The topological polar surface area (TPSA) is 94.0 Å². The van der Waals surface area contributed by atoms with E-state index >= 15 is 0 Å². The second-order valence-electron chi connectivity index (χ2n) is 5.87. The van der Waals surface area contributed by atoms with Gasteiger partial charge in [-0.3, -0.25) is 9.48 Å². The van der Waals surface area contributed by atoms with E-state index < -0.39 is 0 Å². The van der Waals surface area contributed by atoms with Crippen molar-refractivity contribution in [3.05, 3.63) is 42.4 Å². The Morgan fingerprint density at radius 2 is 2.12 bits per heavy atom. The average Bonchev–Trinajstić information content (AvgIpc) is 3.05. The Balaban J connectivity index is 1.88. The standard InChI is InChI=1S/C18H22N6O2/c1-4-14(12-7-5-6-8-15(12)26-10-16(25)19-2)22-17-13-9-24(3)23-18(13)21-11-20-17/h5-9,11,14H,4,10H2,1-3H3,(H,19,25)(H,20,21,22,23). The molecule has 0 aliphatic rings. The van der Waals surface area contributed by atoms with E-state index in [9.17, 15) is 4.79 Å². The summed E-state index contributed by atoms with van der Waals surface area (Å²) < 4.78 is 7.41. The fourth-order valence-corrected chi connectivity index (χ4v) is 2.75. The highest BCUT2D eigenvalue weighted by Crippen LogP contribution is 2.31. The van der Waals surface area contributed by atoms with Crippen LogP contribution in [0.3, 0.4) is 0 Å². The summed E-state index contributed by atoms with van der Waals surface area (Å²) in [5.74, 6) is 1.22. The van der Waals surface area contributed by atoms with Crippen molar-refractivity contribution in [2.24, 2.45) is 7.05 Å². The van der Waals surface area contributed by atoms with Crippen LogP contribution in [0.2, 0.25) is 0 Å². The zero-order chi connectivity index (χ0) is 18.5. The number of carbonyl (C=O) groups is 1. The highest BCUT2D eigenvalue weighted by atomic mass is 16.5. The van der Waals surface area contributed by atoms with Gasteiger partial charge in [0.05, 0.1) is 11.4 Å². The third-order valence-electron chi connectivity index (χ3n) is 4.08. The lowest BCUT2D eigenvalue weighted by atomic mass is 10.0. The van der Waals surface area contributed by atoms with Crippen LogP contribution in [0.5, 0.6) is 5.75 Å². The van der Waals surface area contributed by atoms with Crippen molar-refractivity contribution in [2.45, 2.75) is 19.4 Å². The first-order valence-corrected chi connectivity index (χ1v) is 8.45. The Labute approximate surface area is 151 Å². The second-order valence-corrected chi connectivity index (χ2v) is 5.87. The van der Waals surface area contributed by atoms with Crippen LogP contribution >= 0.6 is 0 Å². The van der Waals surface area contributed by atoms with Crippen LogP contribution in [0, 0.1) is 0 Å². The Kier molecular flexibility index (Phi) is 5.31. The lowest BCUT2D eigenvalue weighted by Crippen LogP contribution is -2.25. The van der Waals surface area contributed by atoms with Crippen molar-refractivity contribution >= 4 is 22.8 Å². The van der Waals surface area contributed by atoms with Crippen LogP contribution in [0.25, 0.3) is 11.0 Å². The number of hydrogen-bond acceptors (Lipinski definition) is 6. The van der Waals surface area contributed by atoms with E-state index in [4.69, 9.17) is 4.74 Å². The van der Waals surface area contributed by atoms with Gasteiger partial charge in [-0.1, -0.05) is 25.1 Å². The maximum absolute atomic E-state index is 11.5. The van der Waals surface area contributed by atoms with Gasteiger partial charge in [0.15, 0.2) is 12.3 Å². The zero-order valence-corrected chi connectivity index (χ0v) is 15.1. The highest BCUT2D eigenvalue weighted by molar-refractivity contribution is 5.85. The van der Waals surface area contributed by atoms with Gasteiger partial charge in [0.25, 0.3) is 5.91 Å². The van der Waals surface area contributed by atoms with Gasteiger partial charge in [0.1, 0.15) is 17.9 Å². The summed E-state index contributed by atoms with van der Waals surface area (Å²) in [7, 11) is 3.44. The predicted molar refractivity (Wildman–Crippen MR) is 99.0 cm³/mol. The van der Waals surface area contributed by atoms with Crippen LogP contribution in [-0.4, -0.2) is 39.3 Å². The molecule has 3 rings (SSSR count). The zero-order valence-electron chi connectivity index (χ0n) is 15.1. The number of carbonyl (C=O) groups excluding carboxylic acids is 1. The van der Waals surface area contributed by atoms with Crippen molar-refractivity contribution < 1.29 is 9.53 Å². The van der Waals surface area contributed by atoms with Crippen molar-refractivity contribution in [2.75, 3.05) is 19.0 Å². The number of para-hydroxylation sites is 1. The highest BCUT2D eigenvalue weighted by Gasteiger charge is 2.17. The number of anilines is 1. The number of hydrogen-bond donors (Lipinski definition) is 2. The van der Waals surface area contributed by atoms with Gasteiger partial charge in [0.2, 0.25) is 0 Å². The third-order valence-corrected chi connectivity index (χ3v) is 4.08. The van der Waals surface area contributed by atoms with E-state index in [1.54, 1.807) is 11.7 Å². The molecule has 3 aromatic rings. The molecule has 1 atom stereocenters. The van der Waals surface area contributed by atoms with E-state index in [1.807, 2.05) is 37.5 Å². The SMILES string of the molecule is CCC(Nc1ncnc2nn(C)cc12)c1ccccc1OCC(=O)NC. The molecule has 0 saturated heterocycles. The van der Waals surface area contributed by atoms with E-state index in [1.165, 1.54) is 6.33 Å². The minimum absolute atomic E-state index is 0.0235. The first-order chi connectivity index (χ1) is 12.6. The summed E-state index contributed by atoms with van der Waals surface area (Å²) in [6.07, 6.45) is 4.20. The summed E-state index contributed by atoms with van der Waals surface area (Å²) in [6, 6.07) is 7.66. The molecule has 136 valence electrons. The minimum atomic E-state index is -0.173. The van der Waals surface area contributed by atoms with Gasteiger partial charge in [-0.15, -0.1) is 0 Å². The fourth-order valence-electron chi connectivity index (χ4n) is 2.75. The Hall–Kier alpha value is -3.16. The van der Waals surface area contributed by atoms with Crippen LogP contribution in [0.1, 0.15) is 24.9 Å². The van der Waals surface area contributed by atoms with E-state index in [0.29, 0.717) is 11.4 Å². The molecule has 26 heavy (non-hydrogen) atoms. The number of likely N-dealkylation sites (N-methyl/N-ethyl adjacent to an activating group) is 1. The molecule has 0 fully saturated rings. The molecule has 0 saturated carbocycles. The lowest BCUT2D eigenvalue weighted by molar-refractivity contribution is -0.122. The molecule has 8 heteroatoms. The van der Waals surface area contributed by atoms with Crippen LogP contribution in [0.4, 0.5) is 5.82 Å². The van der Waals surface area contributed by atoms with E-state index in [2.05, 4.69) is 32.6 Å². The minimum Gasteiger partial charge on any atom is -0.483 e. The van der Waals surface area contributed by atoms with Crippen LogP contribution in [0.15, 0.2) is 36.8 Å². The van der Waals surface area contributed by atoms with Crippen molar-refractivity contribution in [1.29, 1.82) is 0 Å². The summed E-state index contributed by atoms with van der Waals surface area (Å²) in [4.78, 5) is 20.1. The molecule has 0 aliphatic carbocycles. The van der Waals surface area contributed by atoms with Gasteiger partial charge >= 0.3 is 0 Å². The maximum atomic E-state index is 11.5. The molecule has 1 aromatic carbocycles. The number of benzene rings is 1. The van der Waals surface area contributed by atoms with Crippen LogP contribution in [-0.2, 0) is 11.8 Å². The lowest BCUT2D eigenvalue weighted by Gasteiger charge is -2.21. The largest absolute Gasteiger partial charge is 0.483 e. The van der Waals surface area contributed by atoms with Gasteiger partial charge in [-0.2, -0.15) is 5.10 Å². The normalized spacial score (nSPS) is 12.0. The summed E-state index contributed by atoms with van der Waals surface area (Å²) in [5.41, 5.74) is 1.61. The van der Waals surface area contributed by atoms with Crippen molar-refractivity contribution in [1.82, 2.24) is 25.1 Å². The van der Waals surface area contributed by atoms with Gasteiger partial charge in [-0.05, 0) is 12.5 Å². The molecule has 0 aliphatic heterocycles. The molecule has 0 radical (unpaired) electrons. The summed E-state index contributed by atoms with van der Waals surface area (Å²) in [5, 5.41) is 11.2. The molecule has 2 heterocycles. The van der Waals surface area contributed by atoms with Crippen molar-refractivity contribution in [3.8, 4) is 5.75 Å². The third kappa shape index (κ3) is 3.74. The number of amides is 1. The summed E-state index contributed by atoms with van der Waals surface area (Å²) >= 11 is 0. The molecule has 0 bridgehead atoms. The second kappa shape index (κ2) is 7.81. The van der Waals surface area contributed by atoms with E-state index in [0.717, 1.165) is 23.2 Å². The quantitative estimate of drug-likeness (QED) is 0.674. The first-order valence-electron chi connectivity index (χ1n) is 8.45. The molecular weight excluding hydrogens is 332 g/mol. The fraction of sp³-hybridized carbons (Fsp3) is 0.333. The molecular formula is C18H22N6O2. The predicted octanol–water partition coefficient (Wildman–Crippen LogP) is 2.05. The number of rotatable bonds is 7. The van der Waals surface area contributed by atoms with Crippen molar-refractivity contribution in [3.63, 3.8) is 0 Å². The number of aromatic nitrogens is 4. The van der Waals surface area contributed by atoms with Gasteiger partial charge < -0.3 is 15.4 Å². The number of nitrogens with one attached hydrogen (secondary N) is 2. The molecule has 2 N–H and O–H groups in total. The Morgan fingerprint density at radius 3 is 2.88 bits per heavy atom. The molecule has 0 spiro atoms.